The number of amidine groups is 1. The van der Waals surface area contributed by atoms with Crippen LogP contribution in [-0.2, 0) is 16.0 Å². The van der Waals surface area contributed by atoms with Gasteiger partial charge in [0.15, 0.2) is 5.17 Å². The normalized spacial score (nSPS) is 15.8. The number of nitrogens with one attached hydrogen (secondary N) is 1. The fraction of sp³-hybridized carbons (Fsp3) is 0.0526. The number of hydrogen-bond acceptors (Lipinski definition) is 8. The average molecular weight is 428 g/mol. The summed E-state index contributed by atoms with van der Waals surface area (Å²) in [5.74, 6) is -1.37. The van der Waals surface area contributed by atoms with E-state index in [0.29, 0.717) is 21.3 Å². The maximum atomic E-state index is 12.2. The van der Waals surface area contributed by atoms with Crippen molar-refractivity contribution in [2.45, 2.75) is 6.42 Å². The summed E-state index contributed by atoms with van der Waals surface area (Å²) in [4.78, 5) is 27.8. The van der Waals surface area contributed by atoms with Gasteiger partial charge in [0.05, 0.1) is 16.3 Å². The number of nitrogens with zero attached hydrogens (tertiary/aromatic N) is 5. The summed E-state index contributed by atoms with van der Waals surface area (Å²) in [5.41, 5.74) is 2.90. The molecule has 1 aromatic heterocycles. The number of benzene rings is 2. The van der Waals surface area contributed by atoms with Crippen molar-refractivity contribution in [1.82, 2.24) is 25.5 Å². The Morgan fingerprint density at radius 1 is 1.17 bits per heavy atom. The van der Waals surface area contributed by atoms with E-state index in [-0.39, 0.29) is 41.9 Å². The minimum Gasteiger partial charge on any atom is -0.550 e. The third kappa shape index (κ3) is 5.42. The number of thioether (sulfide) groups is 1. The molecule has 0 bridgehead atoms. The van der Waals surface area contributed by atoms with Gasteiger partial charge in [0.2, 0.25) is 0 Å². The molecule has 0 unspecified atom stereocenters. The second-order valence-corrected chi connectivity index (χ2v) is 7.07. The van der Waals surface area contributed by atoms with Gasteiger partial charge in [0.1, 0.15) is 6.33 Å². The second-order valence-electron chi connectivity index (χ2n) is 6.04. The Hall–Kier alpha value is -2.79. The summed E-state index contributed by atoms with van der Waals surface area (Å²) in [5, 5.41) is 24.8. The zero-order valence-corrected chi connectivity index (χ0v) is 18.7. The van der Waals surface area contributed by atoms with Crippen LogP contribution in [0.25, 0.3) is 11.8 Å². The second kappa shape index (κ2) is 9.81. The summed E-state index contributed by atoms with van der Waals surface area (Å²) in [7, 11) is 0. The number of carbonyl (C=O) groups is 2. The van der Waals surface area contributed by atoms with Crippen molar-refractivity contribution in [1.29, 1.82) is 0 Å². The summed E-state index contributed by atoms with van der Waals surface area (Å²) in [6, 6.07) is 14.1. The molecule has 0 aliphatic carbocycles. The van der Waals surface area contributed by atoms with E-state index in [1.807, 2.05) is 24.3 Å². The average Bonchev–Trinajstić information content (AvgIpc) is 3.34. The van der Waals surface area contributed by atoms with Crippen LogP contribution in [0.15, 0.2) is 64.8 Å². The van der Waals surface area contributed by atoms with E-state index < -0.39 is 5.97 Å². The molecule has 0 spiro atoms. The molecular formula is C19H13N6NaO3S. The maximum absolute atomic E-state index is 12.2. The van der Waals surface area contributed by atoms with Crippen LogP contribution in [0, 0.1) is 0 Å². The number of aliphatic imine (C=N–C) groups is 1. The first kappa shape index (κ1) is 21.9. The largest absolute Gasteiger partial charge is 1.00 e. The van der Waals surface area contributed by atoms with Crippen molar-refractivity contribution in [2.24, 2.45) is 4.99 Å². The van der Waals surface area contributed by atoms with E-state index in [1.165, 1.54) is 22.8 Å². The van der Waals surface area contributed by atoms with Crippen LogP contribution < -0.4 is 40.0 Å². The predicted octanol–water partition coefficient (Wildman–Crippen LogP) is -2.15. The molecule has 4 rings (SSSR count). The quantitative estimate of drug-likeness (QED) is 0.363. The Morgan fingerprint density at radius 2 is 1.90 bits per heavy atom. The molecule has 3 aromatic rings. The van der Waals surface area contributed by atoms with Crippen molar-refractivity contribution >= 4 is 40.6 Å². The van der Waals surface area contributed by atoms with Crippen molar-refractivity contribution in [2.75, 3.05) is 0 Å². The topological polar surface area (TPSA) is 125 Å². The van der Waals surface area contributed by atoms with E-state index >= 15 is 0 Å². The van der Waals surface area contributed by atoms with E-state index in [4.69, 9.17) is 0 Å². The molecule has 1 saturated heterocycles. The minimum atomic E-state index is -1.14. The third-order valence-electron chi connectivity index (χ3n) is 3.97. The fourth-order valence-electron chi connectivity index (χ4n) is 2.61. The van der Waals surface area contributed by atoms with Gasteiger partial charge in [0, 0.05) is 12.4 Å². The number of carboxylic acids is 1. The number of carbonyl (C=O) groups excluding carboxylic acids is 2. The Balaban J connectivity index is 0.00000256. The molecule has 2 aromatic carbocycles. The maximum Gasteiger partial charge on any atom is 1.00 e. The summed E-state index contributed by atoms with van der Waals surface area (Å²) in [6.45, 7) is 0. The molecule has 9 nitrogen and oxygen atoms in total. The molecule has 2 heterocycles. The van der Waals surface area contributed by atoms with Gasteiger partial charge in [-0.2, -0.15) is 0 Å². The molecule has 1 fully saturated rings. The first-order chi connectivity index (χ1) is 14.1. The number of aromatic nitrogens is 4. The third-order valence-corrected chi connectivity index (χ3v) is 4.88. The van der Waals surface area contributed by atoms with Gasteiger partial charge in [-0.05, 0) is 63.7 Å². The van der Waals surface area contributed by atoms with Crippen molar-refractivity contribution in [3.63, 3.8) is 0 Å². The predicted molar refractivity (Wildman–Crippen MR) is 105 cm³/mol. The van der Waals surface area contributed by atoms with Gasteiger partial charge in [0.25, 0.3) is 5.91 Å². The van der Waals surface area contributed by atoms with Crippen LogP contribution >= 0.6 is 11.8 Å². The van der Waals surface area contributed by atoms with Gasteiger partial charge >= 0.3 is 29.6 Å². The Morgan fingerprint density at radius 3 is 2.53 bits per heavy atom. The van der Waals surface area contributed by atoms with E-state index in [9.17, 15) is 14.7 Å². The first-order valence-electron chi connectivity index (χ1n) is 8.49. The van der Waals surface area contributed by atoms with Crippen LogP contribution in [0.1, 0.15) is 11.1 Å². The van der Waals surface area contributed by atoms with Crippen LogP contribution in [0.3, 0.4) is 0 Å². The summed E-state index contributed by atoms with van der Waals surface area (Å²) in [6.07, 6.45) is 3.12. The van der Waals surface area contributed by atoms with Crippen LogP contribution in [-0.4, -0.2) is 37.3 Å². The number of amides is 1. The Kier molecular flexibility index (Phi) is 7.16. The molecule has 0 radical (unpaired) electrons. The van der Waals surface area contributed by atoms with Crippen molar-refractivity contribution < 1.29 is 44.3 Å². The van der Waals surface area contributed by atoms with Crippen molar-refractivity contribution in [3.05, 3.63) is 70.9 Å². The molecular weight excluding hydrogens is 415 g/mol. The zero-order chi connectivity index (χ0) is 20.2. The number of aliphatic carboxylic acids is 1. The molecule has 1 aliphatic heterocycles. The molecule has 1 amide bonds. The molecule has 144 valence electrons. The summed E-state index contributed by atoms with van der Waals surface area (Å²) >= 11 is 1.23. The SMILES string of the molecule is O=C([O-])Cc1ccc(N=C2NC(=O)C(=Cc3ccc(-n4cnnn4)cc3)S2)cc1.[Na+]. The van der Waals surface area contributed by atoms with E-state index in [1.54, 1.807) is 30.3 Å². The van der Waals surface area contributed by atoms with Gasteiger partial charge in [-0.3, -0.25) is 4.79 Å². The molecule has 30 heavy (non-hydrogen) atoms. The first-order valence-corrected chi connectivity index (χ1v) is 9.30. The molecule has 1 aliphatic rings. The number of hydrogen-bond donors (Lipinski definition) is 1. The van der Waals surface area contributed by atoms with Crippen LogP contribution in [0.2, 0.25) is 0 Å². The Bertz CT molecular complexity index is 1110. The smallest absolute Gasteiger partial charge is 0.550 e. The van der Waals surface area contributed by atoms with Crippen LogP contribution in [0.5, 0.6) is 0 Å². The van der Waals surface area contributed by atoms with E-state index in [2.05, 4.69) is 25.8 Å². The van der Waals surface area contributed by atoms with Gasteiger partial charge < -0.3 is 15.2 Å². The van der Waals surface area contributed by atoms with Gasteiger partial charge in [-0.15, -0.1) is 5.10 Å². The number of rotatable bonds is 5. The summed E-state index contributed by atoms with van der Waals surface area (Å²) < 4.78 is 1.54. The zero-order valence-electron chi connectivity index (χ0n) is 15.8. The van der Waals surface area contributed by atoms with Crippen molar-refractivity contribution in [3.8, 4) is 5.69 Å². The van der Waals surface area contributed by atoms with Gasteiger partial charge in [-0.1, -0.05) is 24.3 Å². The fourth-order valence-corrected chi connectivity index (χ4v) is 3.45. The Labute approximate surface area is 197 Å². The molecule has 11 heteroatoms. The monoisotopic (exact) mass is 428 g/mol. The van der Waals surface area contributed by atoms with E-state index in [0.717, 1.165) is 11.3 Å². The molecule has 1 N–H and O–H groups in total. The molecule has 0 atom stereocenters. The molecule has 0 saturated carbocycles. The van der Waals surface area contributed by atoms with Crippen LogP contribution in [0.4, 0.5) is 5.69 Å². The number of tetrazole rings is 1. The van der Waals surface area contributed by atoms with Gasteiger partial charge in [-0.25, -0.2) is 9.67 Å². The minimum absolute atomic E-state index is 0. The number of carboxylic acid groups (broad SMARTS) is 1. The standard InChI is InChI=1S/C19H14N6O3S.Na/c26-17(27)10-13-1-5-14(6-2-13)21-19-22-18(28)16(29-19)9-12-3-7-15(8-4-12)25-11-20-23-24-25;/h1-9,11H,10H2,(H,26,27)(H,21,22,28);/q;+1/p-1.